The van der Waals surface area contributed by atoms with Crippen molar-refractivity contribution < 1.29 is 0 Å². The molecule has 1 aromatic rings. The summed E-state index contributed by atoms with van der Waals surface area (Å²) in [7, 11) is 2.24. The van der Waals surface area contributed by atoms with Crippen LogP contribution in [0.5, 0.6) is 0 Å². The van der Waals surface area contributed by atoms with E-state index >= 15 is 0 Å². The normalized spacial score (nSPS) is 23.1. The van der Waals surface area contributed by atoms with Crippen LogP contribution in [-0.2, 0) is 13.0 Å². The summed E-state index contributed by atoms with van der Waals surface area (Å²) in [5, 5.41) is 7.21. The van der Waals surface area contributed by atoms with Crippen molar-refractivity contribution in [2.75, 3.05) is 32.0 Å². The second-order valence-electron chi connectivity index (χ2n) is 5.89. The van der Waals surface area contributed by atoms with E-state index in [9.17, 15) is 0 Å². The van der Waals surface area contributed by atoms with Crippen LogP contribution in [0.3, 0.4) is 0 Å². The number of hydrogen-bond donors (Lipinski definition) is 2. The fourth-order valence-electron chi connectivity index (χ4n) is 3.34. The Morgan fingerprint density at radius 1 is 1.37 bits per heavy atom. The summed E-state index contributed by atoms with van der Waals surface area (Å²) in [6, 6.07) is 7.44. The van der Waals surface area contributed by atoms with Crippen molar-refractivity contribution in [3.8, 4) is 0 Å². The smallest absolute Gasteiger partial charge is 0.0418 e. The second-order valence-corrected chi connectivity index (χ2v) is 5.89. The molecule has 0 bridgehead atoms. The SMILES string of the molecule is CN1CCCC1CNCc1cccc2c1NCCC2. The Morgan fingerprint density at radius 3 is 3.16 bits per heavy atom. The molecule has 0 spiro atoms. The van der Waals surface area contributed by atoms with Crippen LogP contribution in [0, 0.1) is 0 Å². The van der Waals surface area contributed by atoms with Gasteiger partial charge in [0.15, 0.2) is 0 Å². The summed E-state index contributed by atoms with van der Waals surface area (Å²) < 4.78 is 0. The minimum atomic E-state index is 0.729. The summed E-state index contributed by atoms with van der Waals surface area (Å²) in [6.07, 6.45) is 5.18. The Labute approximate surface area is 116 Å². The highest BCUT2D eigenvalue weighted by Crippen LogP contribution is 2.26. The van der Waals surface area contributed by atoms with Gasteiger partial charge in [-0.25, -0.2) is 0 Å². The maximum Gasteiger partial charge on any atom is 0.0418 e. The first-order valence-corrected chi connectivity index (χ1v) is 7.60. The van der Waals surface area contributed by atoms with Gasteiger partial charge in [0.1, 0.15) is 0 Å². The Bertz CT molecular complexity index is 430. The molecule has 3 rings (SSSR count). The maximum absolute atomic E-state index is 3.64. The van der Waals surface area contributed by atoms with E-state index in [4.69, 9.17) is 0 Å². The van der Waals surface area contributed by atoms with Crippen molar-refractivity contribution >= 4 is 5.69 Å². The number of benzene rings is 1. The molecule has 1 aromatic carbocycles. The highest BCUT2D eigenvalue weighted by Gasteiger charge is 2.20. The van der Waals surface area contributed by atoms with Gasteiger partial charge < -0.3 is 15.5 Å². The predicted molar refractivity (Wildman–Crippen MR) is 80.6 cm³/mol. The number of likely N-dealkylation sites (N-methyl/N-ethyl adjacent to an activating group) is 1. The monoisotopic (exact) mass is 259 g/mol. The van der Waals surface area contributed by atoms with Crippen molar-refractivity contribution in [2.45, 2.75) is 38.3 Å². The molecule has 2 heterocycles. The maximum atomic E-state index is 3.64. The molecule has 2 aliphatic heterocycles. The number of nitrogens with zero attached hydrogens (tertiary/aromatic N) is 1. The molecule has 1 fully saturated rings. The fraction of sp³-hybridized carbons (Fsp3) is 0.625. The summed E-state index contributed by atoms with van der Waals surface area (Å²) in [6.45, 7) is 4.48. The van der Waals surface area contributed by atoms with E-state index in [0.29, 0.717) is 0 Å². The van der Waals surface area contributed by atoms with Crippen molar-refractivity contribution in [3.05, 3.63) is 29.3 Å². The second kappa shape index (κ2) is 5.93. The van der Waals surface area contributed by atoms with Crippen LogP contribution in [0.15, 0.2) is 18.2 Å². The van der Waals surface area contributed by atoms with Crippen molar-refractivity contribution in [3.63, 3.8) is 0 Å². The average molecular weight is 259 g/mol. The number of likely N-dealkylation sites (tertiary alicyclic amines) is 1. The molecule has 104 valence electrons. The summed E-state index contributed by atoms with van der Waals surface area (Å²) in [5.41, 5.74) is 4.31. The lowest BCUT2D eigenvalue weighted by Crippen LogP contribution is -2.35. The molecule has 1 saturated heterocycles. The molecule has 3 nitrogen and oxygen atoms in total. The molecule has 19 heavy (non-hydrogen) atoms. The van der Waals surface area contributed by atoms with Crippen molar-refractivity contribution in [1.82, 2.24) is 10.2 Å². The van der Waals surface area contributed by atoms with Crippen LogP contribution in [0.1, 0.15) is 30.4 Å². The van der Waals surface area contributed by atoms with Gasteiger partial charge >= 0.3 is 0 Å². The topological polar surface area (TPSA) is 27.3 Å². The molecule has 0 radical (unpaired) electrons. The number of rotatable bonds is 4. The van der Waals surface area contributed by atoms with Crippen LogP contribution < -0.4 is 10.6 Å². The zero-order chi connectivity index (χ0) is 13.1. The van der Waals surface area contributed by atoms with Gasteiger partial charge in [0, 0.05) is 31.4 Å². The first-order valence-electron chi connectivity index (χ1n) is 7.60. The number of fused-ring (bicyclic) bond motifs is 1. The Morgan fingerprint density at radius 2 is 2.32 bits per heavy atom. The molecule has 0 amide bonds. The lowest BCUT2D eigenvalue weighted by Gasteiger charge is -2.23. The molecular formula is C16H25N3. The number of anilines is 1. The van der Waals surface area contributed by atoms with E-state index < -0.39 is 0 Å². The fourth-order valence-corrected chi connectivity index (χ4v) is 3.34. The lowest BCUT2D eigenvalue weighted by molar-refractivity contribution is 0.300. The average Bonchev–Trinajstić information content (AvgIpc) is 2.85. The van der Waals surface area contributed by atoms with Crippen LogP contribution in [0.4, 0.5) is 5.69 Å². The molecule has 2 aliphatic rings. The van der Waals surface area contributed by atoms with Gasteiger partial charge in [-0.2, -0.15) is 0 Å². The Hall–Kier alpha value is -1.06. The highest BCUT2D eigenvalue weighted by atomic mass is 15.2. The summed E-state index contributed by atoms with van der Waals surface area (Å²) in [5.74, 6) is 0. The van der Waals surface area contributed by atoms with E-state index in [1.165, 1.54) is 49.0 Å². The minimum absolute atomic E-state index is 0.729. The van der Waals surface area contributed by atoms with E-state index in [0.717, 1.165) is 25.7 Å². The molecular weight excluding hydrogens is 234 g/mol. The van der Waals surface area contributed by atoms with Gasteiger partial charge in [0.25, 0.3) is 0 Å². The third-order valence-corrected chi connectivity index (χ3v) is 4.53. The van der Waals surface area contributed by atoms with E-state index in [-0.39, 0.29) is 0 Å². The molecule has 1 unspecified atom stereocenters. The van der Waals surface area contributed by atoms with Gasteiger partial charge in [-0.05, 0) is 50.4 Å². The van der Waals surface area contributed by atoms with Gasteiger partial charge in [-0.1, -0.05) is 18.2 Å². The molecule has 0 saturated carbocycles. The molecule has 1 atom stereocenters. The lowest BCUT2D eigenvalue weighted by atomic mass is 9.99. The first kappa shape index (κ1) is 12.9. The van der Waals surface area contributed by atoms with E-state index in [1.807, 2.05) is 0 Å². The van der Waals surface area contributed by atoms with Gasteiger partial charge in [0.05, 0.1) is 0 Å². The van der Waals surface area contributed by atoms with Crippen LogP contribution in [-0.4, -0.2) is 37.6 Å². The first-order chi connectivity index (χ1) is 9.34. The quantitative estimate of drug-likeness (QED) is 0.868. The standard InChI is InChI=1S/C16H25N3/c1-19-10-4-8-15(19)12-17-11-14-6-2-5-13-7-3-9-18-16(13)14/h2,5-6,15,17-18H,3-4,7-12H2,1H3. The number of hydrogen-bond acceptors (Lipinski definition) is 3. The molecule has 3 heteroatoms. The van der Waals surface area contributed by atoms with Gasteiger partial charge in [-0.15, -0.1) is 0 Å². The molecule has 2 N–H and O–H groups in total. The van der Waals surface area contributed by atoms with Crippen LogP contribution in [0.25, 0.3) is 0 Å². The largest absolute Gasteiger partial charge is 0.385 e. The Kier molecular flexibility index (Phi) is 4.04. The zero-order valence-electron chi connectivity index (χ0n) is 11.9. The molecule has 0 aliphatic carbocycles. The highest BCUT2D eigenvalue weighted by molar-refractivity contribution is 5.59. The van der Waals surface area contributed by atoms with Gasteiger partial charge in [0.2, 0.25) is 0 Å². The minimum Gasteiger partial charge on any atom is -0.385 e. The van der Waals surface area contributed by atoms with Crippen molar-refractivity contribution in [2.24, 2.45) is 0 Å². The van der Waals surface area contributed by atoms with Crippen molar-refractivity contribution in [1.29, 1.82) is 0 Å². The third-order valence-electron chi connectivity index (χ3n) is 4.53. The van der Waals surface area contributed by atoms with Gasteiger partial charge in [-0.3, -0.25) is 0 Å². The van der Waals surface area contributed by atoms with E-state index in [1.54, 1.807) is 0 Å². The zero-order valence-corrected chi connectivity index (χ0v) is 11.9. The molecule has 0 aromatic heterocycles. The number of para-hydroxylation sites is 1. The van der Waals surface area contributed by atoms with Crippen LogP contribution >= 0.6 is 0 Å². The summed E-state index contributed by atoms with van der Waals surface area (Å²) >= 11 is 0. The van der Waals surface area contributed by atoms with E-state index in [2.05, 4.69) is 40.8 Å². The van der Waals surface area contributed by atoms with Crippen LogP contribution in [0.2, 0.25) is 0 Å². The predicted octanol–water partition coefficient (Wildman–Crippen LogP) is 2.23. The number of aryl methyl sites for hydroxylation is 1. The third kappa shape index (κ3) is 2.93. The summed E-state index contributed by atoms with van der Waals surface area (Å²) in [4.78, 5) is 2.48. The Balaban J connectivity index is 1.58. The number of nitrogens with one attached hydrogen (secondary N) is 2.